The van der Waals surface area contributed by atoms with E-state index in [9.17, 15) is 13.2 Å². The molecule has 0 fully saturated rings. The zero-order valence-corrected chi connectivity index (χ0v) is 10.4. The van der Waals surface area contributed by atoms with E-state index in [1.54, 1.807) is 6.07 Å². The summed E-state index contributed by atoms with van der Waals surface area (Å²) in [4.78, 5) is 11.8. The van der Waals surface area contributed by atoms with Crippen LogP contribution in [0, 0.1) is 6.92 Å². The summed E-state index contributed by atoms with van der Waals surface area (Å²) in [6.45, 7) is 1.84. The molecule has 3 aromatic heterocycles. The van der Waals surface area contributed by atoms with Crippen LogP contribution in [-0.4, -0.2) is 19.4 Å². The van der Waals surface area contributed by atoms with Gasteiger partial charge in [0, 0.05) is 11.9 Å². The van der Waals surface area contributed by atoms with Crippen LogP contribution in [0.1, 0.15) is 11.4 Å². The van der Waals surface area contributed by atoms with Crippen molar-refractivity contribution in [1.82, 2.24) is 19.4 Å². The highest BCUT2D eigenvalue weighted by molar-refractivity contribution is 5.58. The summed E-state index contributed by atoms with van der Waals surface area (Å²) < 4.78 is 39.2. The summed E-state index contributed by atoms with van der Waals surface area (Å²) in [5.41, 5.74) is 1.10. The van der Waals surface area contributed by atoms with Crippen molar-refractivity contribution in [1.29, 1.82) is 0 Å². The molecule has 0 saturated carbocycles. The largest absolute Gasteiger partial charge is 0.433 e. The predicted octanol–water partition coefficient (Wildman–Crippen LogP) is 3.12. The number of pyridine rings is 1. The molecule has 0 bridgehead atoms. The number of rotatable bonds is 1. The first-order chi connectivity index (χ1) is 9.45. The number of hydrogen-bond acceptors (Lipinski definition) is 3. The van der Waals surface area contributed by atoms with Gasteiger partial charge in [0.25, 0.3) is 0 Å². The van der Waals surface area contributed by atoms with Crippen LogP contribution in [0.5, 0.6) is 0 Å². The van der Waals surface area contributed by atoms with Gasteiger partial charge < -0.3 is 0 Å². The second kappa shape index (κ2) is 4.29. The maximum Gasteiger partial charge on any atom is 0.433 e. The number of fused-ring (bicyclic) bond motifs is 1. The van der Waals surface area contributed by atoms with Gasteiger partial charge in [0.1, 0.15) is 5.69 Å². The average Bonchev–Trinajstić information content (AvgIpc) is 2.80. The second-order valence-electron chi connectivity index (χ2n) is 4.29. The molecular weight excluding hydrogens is 269 g/mol. The van der Waals surface area contributed by atoms with Crippen LogP contribution >= 0.6 is 0 Å². The molecule has 0 N–H and O–H groups in total. The number of halogens is 3. The molecule has 7 heteroatoms. The summed E-state index contributed by atoms with van der Waals surface area (Å²) >= 11 is 0. The maximum absolute atomic E-state index is 12.6. The Morgan fingerprint density at radius 2 is 1.90 bits per heavy atom. The van der Waals surface area contributed by atoms with Crippen molar-refractivity contribution in [2.75, 3.05) is 0 Å². The van der Waals surface area contributed by atoms with E-state index in [4.69, 9.17) is 0 Å². The fraction of sp³-hybridized carbons (Fsp3) is 0.154. The molecule has 4 nitrogen and oxygen atoms in total. The highest BCUT2D eigenvalue weighted by Gasteiger charge is 2.33. The van der Waals surface area contributed by atoms with Crippen molar-refractivity contribution in [3.63, 3.8) is 0 Å². The highest BCUT2D eigenvalue weighted by atomic mass is 19.4. The van der Waals surface area contributed by atoms with Gasteiger partial charge in [-0.2, -0.15) is 13.2 Å². The van der Waals surface area contributed by atoms with E-state index in [1.165, 1.54) is 16.8 Å². The van der Waals surface area contributed by atoms with E-state index in [0.29, 0.717) is 11.4 Å². The molecule has 0 aromatic carbocycles. The minimum atomic E-state index is -4.48. The Balaban J connectivity index is 2.15. The Kier molecular flexibility index (Phi) is 2.70. The van der Waals surface area contributed by atoms with Crippen molar-refractivity contribution in [3.8, 4) is 11.4 Å². The third kappa shape index (κ3) is 2.11. The Labute approximate surface area is 111 Å². The summed E-state index contributed by atoms with van der Waals surface area (Å²) in [5, 5.41) is 0. The van der Waals surface area contributed by atoms with Crippen molar-refractivity contribution in [2.45, 2.75) is 13.1 Å². The van der Waals surface area contributed by atoms with Gasteiger partial charge >= 0.3 is 6.18 Å². The number of imidazole rings is 1. The van der Waals surface area contributed by atoms with Crippen LogP contribution in [0.4, 0.5) is 13.2 Å². The van der Waals surface area contributed by atoms with Gasteiger partial charge in [-0.05, 0) is 25.1 Å². The van der Waals surface area contributed by atoms with E-state index in [1.807, 2.05) is 19.1 Å². The van der Waals surface area contributed by atoms with Gasteiger partial charge in [-0.25, -0.2) is 9.97 Å². The van der Waals surface area contributed by atoms with Crippen molar-refractivity contribution >= 4 is 5.78 Å². The minimum absolute atomic E-state index is 0.00173. The van der Waals surface area contributed by atoms with E-state index in [0.717, 1.165) is 11.8 Å². The molecule has 3 heterocycles. The van der Waals surface area contributed by atoms with Crippen molar-refractivity contribution in [3.05, 3.63) is 48.0 Å². The molecule has 3 rings (SSSR count). The van der Waals surface area contributed by atoms with Gasteiger partial charge in [-0.3, -0.25) is 9.38 Å². The summed E-state index contributed by atoms with van der Waals surface area (Å²) in [5.74, 6) is -0.00173. The van der Waals surface area contributed by atoms with E-state index < -0.39 is 11.9 Å². The van der Waals surface area contributed by atoms with Crippen LogP contribution in [0.15, 0.2) is 36.7 Å². The molecule has 0 aliphatic carbocycles. The summed E-state index contributed by atoms with van der Waals surface area (Å²) in [7, 11) is 0. The molecule has 0 aliphatic rings. The molecule has 0 radical (unpaired) electrons. The van der Waals surface area contributed by atoms with Crippen molar-refractivity contribution < 1.29 is 13.2 Å². The zero-order chi connectivity index (χ0) is 14.3. The smallest absolute Gasteiger partial charge is 0.282 e. The lowest BCUT2D eigenvalue weighted by Crippen LogP contribution is -2.09. The third-order valence-corrected chi connectivity index (χ3v) is 2.82. The van der Waals surface area contributed by atoms with Gasteiger partial charge in [-0.1, -0.05) is 6.07 Å². The molecule has 3 aromatic rings. The molecule has 0 amide bonds. The first-order valence-electron chi connectivity index (χ1n) is 5.80. The summed E-state index contributed by atoms with van der Waals surface area (Å²) in [6.07, 6.45) is -1.71. The highest BCUT2D eigenvalue weighted by Crippen LogP contribution is 2.28. The predicted molar refractivity (Wildman–Crippen MR) is 66.0 cm³/mol. The number of hydrogen-bond donors (Lipinski definition) is 0. The number of nitrogens with zero attached hydrogens (tertiary/aromatic N) is 4. The fourth-order valence-electron chi connectivity index (χ4n) is 1.90. The first-order valence-corrected chi connectivity index (χ1v) is 5.80. The van der Waals surface area contributed by atoms with Crippen LogP contribution < -0.4 is 0 Å². The number of aromatic nitrogens is 4. The fourth-order valence-corrected chi connectivity index (χ4v) is 1.90. The van der Waals surface area contributed by atoms with Crippen LogP contribution in [0.2, 0.25) is 0 Å². The standard InChI is InChI=1S/C13H9F3N4/c1-8-3-2-4-9(18-8)10-7-17-12-19-11(13(14,15)16)5-6-20(10)12/h2-7H,1H3. The lowest BCUT2D eigenvalue weighted by molar-refractivity contribution is -0.141. The Bertz CT molecular complexity index is 777. The molecule has 0 aliphatic heterocycles. The SMILES string of the molecule is Cc1cccc(-c2cnc3nc(C(F)(F)F)ccn23)n1. The lowest BCUT2D eigenvalue weighted by atomic mass is 10.2. The molecular formula is C13H9F3N4. The Hall–Kier alpha value is -2.44. The first kappa shape index (κ1) is 12.6. The molecule has 20 heavy (non-hydrogen) atoms. The molecule has 102 valence electrons. The van der Waals surface area contributed by atoms with Crippen molar-refractivity contribution in [2.24, 2.45) is 0 Å². The topological polar surface area (TPSA) is 43.1 Å². The van der Waals surface area contributed by atoms with Crippen LogP contribution in [0.25, 0.3) is 17.2 Å². The lowest BCUT2D eigenvalue weighted by Gasteiger charge is -2.06. The Morgan fingerprint density at radius 1 is 1.10 bits per heavy atom. The number of aryl methyl sites for hydroxylation is 1. The molecule has 0 unspecified atom stereocenters. The molecule has 0 atom stereocenters. The van der Waals surface area contributed by atoms with Crippen LogP contribution in [-0.2, 0) is 6.18 Å². The van der Waals surface area contributed by atoms with Gasteiger partial charge in [0.15, 0.2) is 0 Å². The average molecular weight is 278 g/mol. The Morgan fingerprint density at radius 3 is 2.60 bits per heavy atom. The number of alkyl halides is 3. The summed E-state index contributed by atoms with van der Waals surface area (Å²) in [6, 6.07) is 6.36. The maximum atomic E-state index is 12.6. The monoisotopic (exact) mass is 278 g/mol. The van der Waals surface area contributed by atoms with Gasteiger partial charge in [0.05, 0.1) is 17.6 Å². The third-order valence-electron chi connectivity index (χ3n) is 2.82. The van der Waals surface area contributed by atoms with E-state index in [2.05, 4.69) is 15.0 Å². The van der Waals surface area contributed by atoms with E-state index >= 15 is 0 Å². The van der Waals surface area contributed by atoms with E-state index in [-0.39, 0.29) is 5.78 Å². The van der Waals surface area contributed by atoms with Gasteiger partial charge in [-0.15, -0.1) is 0 Å². The quantitative estimate of drug-likeness (QED) is 0.687. The molecule has 0 spiro atoms. The van der Waals surface area contributed by atoms with Crippen LogP contribution in [0.3, 0.4) is 0 Å². The molecule has 0 saturated heterocycles. The zero-order valence-electron chi connectivity index (χ0n) is 10.4. The van der Waals surface area contributed by atoms with Gasteiger partial charge in [0.2, 0.25) is 5.78 Å². The second-order valence-corrected chi connectivity index (χ2v) is 4.29. The normalized spacial score (nSPS) is 12.0. The minimum Gasteiger partial charge on any atom is -0.282 e.